The predicted octanol–water partition coefficient (Wildman–Crippen LogP) is 1.19. The van der Waals surface area contributed by atoms with E-state index in [9.17, 15) is 8.78 Å². The Hall–Kier alpha value is -1.78. The van der Waals surface area contributed by atoms with Crippen LogP contribution in [0.4, 0.5) is 8.78 Å². The third-order valence-corrected chi connectivity index (χ3v) is 2.11. The van der Waals surface area contributed by atoms with Crippen LogP contribution in [-0.2, 0) is 14.1 Å². The number of hydrogen-bond acceptors (Lipinski definition) is 1. The molecule has 0 amide bonds. The molecule has 78 valence electrons. The second kappa shape index (κ2) is 3.42. The number of halogens is 2. The minimum absolute atomic E-state index is 0.0967. The largest absolute Gasteiger partial charge is 0.314 e. The summed E-state index contributed by atoms with van der Waals surface area (Å²) in [7, 11) is 3.39. The molecular weight excluding hydrogens is 200 g/mol. The van der Waals surface area contributed by atoms with Gasteiger partial charge >= 0.3 is 5.82 Å². The second-order valence-corrected chi connectivity index (χ2v) is 3.32. The van der Waals surface area contributed by atoms with E-state index in [1.807, 2.05) is 0 Å². The van der Waals surface area contributed by atoms with Gasteiger partial charge in [0.15, 0.2) is 0 Å². The summed E-state index contributed by atoms with van der Waals surface area (Å²) in [6, 6.07) is 3.76. The Labute approximate surface area is 85.6 Å². The zero-order valence-electron chi connectivity index (χ0n) is 8.41. The molecule has 15 heavy (non-hydrogen) atoms. The molecule has 1 aromatic heterocycles. The Morgan fingerprint density at radius 3 is 2.33 bits per heavy atom. The van der Waals surface area contributed by atoms with E-state index in [0.29, 0.717) is 0 Å². The van der Waals surface area contributed by atoms with E-state index in [4.69, 9.17) is 0 Å². The van der Waals surface area contributed by atoms with Gasteiger partial charge < -0.3 is 0 Å². The summed E-state index contributed by atoms with van der Waals surface area (Å²) in [5.74, 6) is -0.943. The van der Waals surface area contributed by atoms with E-state index < -0.39 is 11.6 Å². The van der Waals surface area contributed by atoms with Crippen molar-refractivity contribution in [1.29, 1.82) is 0 Å². The van der Waals surface area contributed by atoms with Gasteiger partial charge in [0.1, 0.15) is 17.2 Å². The van der Waals surface area contributed by atoms with Crippen LogP contribution in [0.2, 0.25) is 0 Å². The van der Waals surface area contributed by atoms with E-state index in [0.717, 1.165) is 0 Å². The molecule has 1 heterocycles. The van der Waals surface area contributed by atoms with Crippen LogP contribution in [0.15, 0.2) is 24.5 Å². The Morgan fingerprint density at radius 1 is 1.27 bits per heavy atom. The number of benzene rings is 1. The second-order valence-electron chi connectivity index (χ2n) is 3.32. The normalized spacial score (nSPS) is 10.7. The summed E-state index contributed by atoms with van der Waals surface area (Å²) >= 11 is 0. The standard InChI is InChI=1S/C10H10F2N3/c1-14-6-15(2)13-10(14)9-7(11)4-3-5-8(9)12/h3-6H,1-2H3/q+1. The average Bonchev–Trinajstić information content (AvgIpc) is 2.45. The summed E-state index contributed by atoms with van der Waals surface area (Å²) in [6.45, 7) is 0. The lowest BCUT2D eigenvalue weighted by atomic mass is 10.2. The summed E-state index contributed by atoms with van der Waals surface area (Å²) < 4.78 is 29.9. The smallest absolute Gasteiger partial charge is 0.233 e. The quantitative estimate of drug-likeness (QED) is 0.648. The predicted molar refractivity (Wildman–Crippen MR) is 49.7 cm³/mol. The Kier molecular flexibility index (Phi) is 2.22. The molecule has 0 aliphatic rings. The average molecular weight is 210 g/mol. The monoisotopic (exact) mass is 210 g/mol. The van der Waals surface area contributed by atoms with Crippen molar-refractivity contribution >= 4 is 0 Å². The fourth-order valence-electron chi connectivity index (χ4n) is 1.49. The van der Waals surface area contributed by atoms with Crippen molar-refractivity contribution in [3.63, 3.8) is 0 Å². The van der Waals surface area contributed by atoms with Gasteiger partial charge in [-0.05, 0) is 12.1 Å². The summed E-state index contributed by atoms with van der Waals surface area (Å²) in [4.78, 5) is 0. The maximum absolute atomic E-state index is 13.4. The SMILES string of the molecule is Cn1c[n+](C)c(-c2c(F)cccc2F)n1. The molecule has 0 atom stereocenters. The molecule has 0 saturated carbocycles. The van der Waals surface area contributed by atoms with Gasteiger partial charge in [0.05, 0.1) is 14.1 Å². The summed E-state index contributed by atoms with van der Waals surface area (Å²) in [5, 5.41) is 4.00. The molecule has 0 saturated heterocycles. The lowest BCUT2D eigenvalue weighted by Gasteiger charge is -1.98. The van der Waals surface area contributed by atoms with Gasteiger partial charge in [0, 0.05) is 5.10 Å². The number of aryl methyl sites for hydroxylation is 2. The highest BCUT2D eigenvalue weighted by Crippen LogP contribution is 2.20. The number of nitrogens with zero attached hydrogens (tertiary/aromatic N) is 3. The summed E-state index contributed by atoms with van der Waals surface area (Å²) in [6.07, 6.45) is 1.64. The van der Waals surface area contributed by atoms with Crippen molar-refractivity contribution < 1.29 is 13.3 Å². The minimum Gasteiger partial charge on any atom is -0.233 e. The van der Waals surface area contributed by atoms with E-state index in [-0.39, 0.29) is 11.4 Å². The van der Waals surface area contributed by atoms with Crippen molar-refractivity contribution in [3.8, 4) is 11.4 Å². The Bertz CT molecular complexity index is 485. The Morgan fingerprint density at radius 2 is 1.87 bits per heavy atom. The highest BCUT2D eigenvalue weighted by atomic mass is 19.1. The maximum atomic E-state index is 13.4. The molecule has 1 aromatic carbocycles. The maximum Gasteiger partial charge on any atom is 0.314 e. The molecule has 0 bridgehead atoms. The first-order valence-corrected chi connectivity index (χ1v) is 4.43. The highest BCUT2D eigenvalue weighted by molar-refractivity contribution is 5.53. The first kappa shape index (κ1) is 9.76. The third kappa shape index (κ3) is 1.60. The minimum atomic E-state index is -0.607. The van der Waals surface area contributed by atoms with Crippen LogP contribution in [0, 0.1) is 11.6 Å². The molecule has 0 aliphatic heterocycles. The van der Waals surface area contributed by atoms with E-state index in [1.54, 1.807) is 25.0 Å². The Balaban J connectivity index is 2.68. The first-order valence-electron chi connectivity index (χ1n) is 4.43. The van der Waals surface area contributed by atoms with Crippen molar-refractivity contribution in [2.75, 3.05) is 0 Å². The molecule has 0 unspecified atom stereocenters. The zero-order valence-corrected chi connectivity index (χ0v) is 8.41. The lowest BCUT2D eigenvalue weighted by molar-refractivity contribution is -0.661. The molecule has 0 fully saturated rings. The van der Waals surface area contributed by atoms with Crippen LogP contribution < -0.4 is 4.57 Å². The molecule has 5 heteroatoms. The van der Waals surface area contributed by atoms with Crippen LogP contribution in [-0.4, -0.2) is 9.78 Å². The molecule has 2 rings (SSSR count). The number of aromatic nitrogens is 3. The van der Waals surface area contributed by atoms with Gasteiger partial charge in [0.2, 0.25) is 6.33 Å². The third-order valence-electron chi connectivity index (χ3n) is 2.11. The van der Waals surface area contributed by atoms with Crippen molar-refractivity contribution in [2.45, 2.75) is 0 Å². The van der Waals surface area contributed by atoms with Crippen LogP contribution >= 0.6 is 0 Å². The van der Waals surface area contributed by atoms with Gasteiger partial charge in [-0.1, -0.05) is 6.07 Å². The van der Waals surface area contributed by atoms with E-state index in [2.05, 4.69) is 5.10 Å². The molecule has 0 N–H and O–H groups in total. The van der Waals surface area contributed by atoms with Gasteiger partial charge in [-0.2, -0.15) is 0 Å². The van der Waals surface area contributed by atoms with Crippen LogP contribution in [0.25, 0.3) is 11.4 Å². The molecular formula is C10H10F2N3+. The number of hydrogen-bond donors (Lipinski definition) is 0. The van der Waals surface area contributed by atoms with Gasteiger partial charge in [-0.15, -0.1) is 4.68 Å². The van der Waals surface area contributed by atoms with Gasteiger partial charge in [0.25, 0.3) is 0 Å². The molecule has 3 nitrogen and oxygen atoms in total. The van der Waals surface area contributed by atoms with Crippen LogP contribution in [0.1, 0.15) is 0 Å². The van der Waals surface area contributed by atoms with Crippen molar-refractivity contribution in [2.24, 2.45) is 14.1 Å². The fraction of sp³-hybridized carbons (Fsp3) is 0.200. The first-order chi connectivity index (χ1) is 7.09. The lowest BCUT2D eigenvalue weighted by Crippen LogP contribution is -2.28. The molecule has 0 spiro atoms. The summed E-state index contributed by atoms with van der Waals surface area (Å²) in [5.41, 5.74) is -0.0967. The molecule has 0 aliphatic carbocycles. The van der Waals surface area contributed by atoms with Crippen LogP contribution in [0.5, 0.6) is 0 Å². The molecule has 0 radical (unpaired) electrons. The van der Waals surface area contributed by atoms with Crippen molar-refractivity contribution in [3.05, 3.63) is 36.2 Å². The van der Waals surface area contributed by atoms with E-state index in [1.165, 1.54) is 22.9 Å². The van der Waals surface area contributed by atoms with Gasteiger partial charge in [-0.3, -0.25) is 0 Å². The molecule has 2 aromatic rings. The zero-order chi connectivity index (χ0) is 11.0. The van der Waals surface area contributed by atoms with E-state index >= 15 is 0 Å². The van der Waals surface area contributed by atoms with Gasteiger partial charge in [-0.25, -0.2) is 13.3 Å². The fourth-order valence-corrected chi connectivity index (χ4v) is 1.49. The van der Waals surface area contributed by atoms with Crippen LogP contribution in [0.3, 0.4) is 0 Å². The topological polar surface area (TPSA) is 21.7 Å². The number of rotatable bonds is 1. The highest BCUT2D eigenvalue weighted by Gasteiger charge is 2.22. The van der Waals surface area contributed by atoms with Crippen molar-refractivity contribution in [1.82, 2.24) is 9.78 Å².